The molecule has 1 saturated carbocycles. The molecule has 0 spiro atoms. The van der Waals surface area contributed by atoms with Crippen LogP contribution < -0.4 is 15.8 Å². The molecule has 4 heteroatoms. The molecule has 4 nitrogen and oxygen atoms in total. The maximum atomic E-state index is 12.5. The largest absolute Gasteiger partial charge is 0.491 e. The van der Waals surface area contributed by atoms with Crippen LogP contribution in [0.3, 0.4) is 0 Å². The Balaban J connectivity index is 1.96. The number of carbonyl (C=O) groups excluding carboxylic acids is 1. The van der Waals surface area contributed by atoms with Crippen molar-refractivity contribution >= 4 is 5.91 Å². The lowest BCUT2D eigenvalue weighted by atomic mass is 9.81. The minimum atomic E-state index is -0.687. The first-order valence-electron chi connectivity index (χ1n) is 8.27. The summed E-state index contributed by atoms with van der Waals surface area (Å²) in [6.45, 7) is 5.99. The Bertz CT molecular complexity index is 490. The van der Waals surface area contributed by atoms with Crippen molar-refractivity contribution in [3.63, 3.8) is 0 Å². The van der Waals surface area contributed by atoms with Crippen molar-refractivity contribution < 1.29 is 9.53 Å². The average Bonchev–Trinajstić information content (AvgIpc) is 2.48. The number of ether oxygens (including phenoxy) is 1. The monoisotopic (exact) mass is 304 g/mol. The van der Waals surface area contributed by atoms with Crippen molar-refractivity contribution in [1.29, 1.82) is 0 Å². The summed E-state index contributed by atoms with van der Waals surface area (Å²) < 4.78 is 5.63. The van der Waals surface area contributed by atoms with E-state index in [-0.39, 0.29) is 18.1 Å². The Labute approximate surface area is 133 Å². The van der Waals surface area contributed by atoms with Crippen LogP contribution in [0.25, 0.3) is 0 Å². The Hall–Kier alpha value is -1.55. The minimum absolute atomic E-state index is 0.0257. The van der Waals surface area contributed by atoms with Gasteiger partial charge >= 0.3 is 0 Å². The van der Waals surface area contributed by atoms with Crippen molar-refractivity contribution in [3.8, 4) is 5.75 Å². The van der Waals surface area contributed by atoms with E-state index in [9.17, 15) is 4.79 Å². The van der Waals surface area contributed by atoms with Gasteiger partial charge in [0.1, 0.15) is 5.75 Å². The predicted octanol–water partition coefficient (Wildman–Crippen LogP) is 3.31. The Morgan fingerprint density at radius 2 is 1.73 bits per heavy atom. The molecular formula is C18H28N2O2. The second-order valence-corrected chi connectivity index (χ2v) is 6.65. The van der Waals surface area contributed by atoms with Gasteiger partial charge in [-0.1, -0.05) is 31.4 Å². The van der Waals surface area contributed by atoms with Gasteiger partial charge in [-0.05, 0) is 51.3 Å². The molecule has 1 unspecified atom stereocenters. The van der Waals surface area contributed by atoms with E-state index in [2.05, 4.69) is 5.32 Å². The zero-order valence-corrected chi connectivity index (χ0v) is 13.9. The van der Waals surface area contributed by atoms with E-state index in [0.717, 1.165) is 37.0 Å². The number of nitrogens with two attached hydrogens (primary N) is 1. The summed E-state index contributed by atoms with van der Waals surface area (Å²) in [5.41, 5.74) is 6.65. The third-order valence-corrected chi connectivity index (χ3v) is 4.30. The van der Waals surface area contributed by atoms with E-state index in [1.165, 1.54) is 6.42 Å². The van der Waals surface area contributed by atoms with Gasteiger partial charge in [0.15, 0.2) is 0 Å². The zero-order chi connectivity index (χ0) is 16.2. The molecule has 0 aliphatic heterocycles. The molecule has 1 aliphatic rings. The number of nitrogens with one attached hydrogen (secondary N) is 1. The van der Waals surface area contributed by atoms with Gasteiger partial charge in [-0.2, -0.15) is 0 Å². The van der Waals surface area contributed by atoms with E-state index >= 15 is 0 Å². The highest BCUT2D eigenvalue weighted by atomic mass is 16.5. The summed E-state index contributed by atoms with van der Waals surface area (Å²) in [4.78, 5) is 12.5. The van der Waals surface area contributed by atoms with Gasteiger partial charge in [0.05, 0.1) is 17.7 Å². The third kappa shape index (κ3) is 4.23. The number of hydrogen-bond donors (Lipinski definition) is 2. The Morgan fingerprint density at radius 1 is 1.14 bits per heavy atom. The average molecular weight is 304 g/mol. The van der Waals surface area contributed by atoms with E-state index in [4.69, 9.17) is 10.5 Å². The Kier molecular flexibility index (Phi) is 5.46. The SMILES string of the molecule is CC(C)Oc1ccc(C(C)NC(=O)C2(N)CCCCC2)cc1. The molecule has 1 amide bonds. The van der Waals surface area contributed by atoms with E-state index in [1.807, 2.05) is 45.0 Å². The predicted molar refractivity (Wildman–Crippen MR) is 88.8 cm³/mol. The number of hydrogen-bond acceptors (Lipinski definition) is 3. The van der Waals surface area contributed by atoms with Crippen LogP contribution in [0.2, 0.25) is 0 Å². The molecule has 1 aliphatic carbocycles. The van der Waals surface area contributed by atoms with Gasteiger partial charge in [-0.25, -0.2) is 0 Å². The molecule has 122 valence electrons. The van der Waals surface area contributed by atoms with Crippen LogP contribution in [0.4, 0.5) is 0 Å². The van der Waals surface area contributed by atoms with Gasteiger partial charge in [0, 0.05) is 0 Å². The van der Waals surface area contributed by atoms with Crippen LogP contribution in [-0.4, -0.2) is 17.6 Å². The van der Waals surface area contributed by atoms with E-state index < -0.39 is 5.54 Å². The molecule has 0 heterocycles. The second kappa shape index (κ2) is 7.14. The first-order valence-corrected chi connectivity index (χ1v) is 8.27. The fraction of sp³-hybridized carbons (Fsp3) is 0.611. The van der Waals surface area contributed by atoms with Gasteiger partial charge < -0.3 is 15.8 Å². The third-order valence-electron chi connectivity index (χ3n) is 4.30. The lowest BCUT2D eigenvalue weighted by Gasteiger charge is -2.33. The smallest absolute Gasteiger partial charge is 0.240 e. The second-order valence-electron chi connectivity index (χ2n) is 6.65. The van der Waals surface area contributed by atoms with Gasteiger partial charge in [0.2, 0.25) is 5.91 Å². The summed E-state index contributed by atoms with van der Waals surface area (Å²) in [6.07, 6.45) is 4.99. The normalized spacial score (nSPS) is 18.8. The standard InChI is InChI=1S/C18H28N2O2/c1-13(2)22-16-9-7-15(8-10-16)14(3)20-17(21)18(19)11-5-4-6-12-18/h7-10,13-14H,4-6,11-12,19H2,1-3H3,(H,20,21). The summed E-state index contributed by atoms with van der Waals surface area (Å²) in [5, 5.41) is 3.06. The molecule has 1 aromatic rings. The molecule has 22 heavy (non-hydrogen) atoms. The molecule has 0 saturated heterocycles. The van der Waals surface area contributed by atoms with Crippen molar-refractivity contribution in [3.05, 3.63) is 29.8 Å². The Morgan fingerprint density at radius 3 is 2.27 bits per heavy atom. The van der Waals surface area contributed by atoms with Crippen LogP contribution in [0, 0.1) is 0 Å². The van der Waals surface area contributed by atoms with E-state index in [0.29, 0.717) is 0 Å². The number of amides is 1. The lowest BCUT2D eigenvalue weighted by molar-refractivity contribution is -0.128. The fourth-order valence-corrected chi connectivity index (χ4v) is 2.94. The van der Waals surface area contributed by atoms with Crippen LogP contribution in [0.5, 0.6) is 5.75 Å². The number of carbonyl (C=O) groups is 1. The first kappa shape index (κ1) is 16.8. The van der Waals surface area contributed by atoms with Crippen molar-refractivity contribution in [2.75, 3.05) is 0 Å². The van der Waals surface area contributed by atoms with Crippen LogP contribution in [0.15, 0.2) is 24.3 Å². The van der Waals surface area contributed by atoms with Gasteiger partial charge in [-0.3, -0.25) is 4.79 Å². The molecule has 3 N–H and O–H groups in total. The number of rotatable bonds is 5. The summed E-state index contributed by atoms with van der Waals surface area (Å²) >= 11 is 0. The highest BCUT2D eigenvalue weighted by Crippen LogP contribution is 2.27. The maximum Gasteiger partial charge on any atom is 0.240 e. The molecule has 0 radical (unpaired) electrons. The van der Waals surface area contributed by atoms with Gasteiger partial charge in [-0.15, -0.1) is 0 Å². The van der Waals surface area contributed by atoms with Crippen molar-refractivity contribution in [2.24, 2.45) is 5.73 Å². The van der Waals surface area contributed by atoms with Crippen molar-refractivity contribution in [2.45, 2.75) is 70.6 Å². The lowest BCUT2D eigenvalue weighted by Crippen LogP contribution is -2.55. The van der Waals surface area contributed by atoms with Gasteiger partial charge in [0.25, 0.3) is 0 Å². The molecule has 1 atom stereocenters. The molecular weight excluding hydrogens is 276 g/mol. The van der Waals surface area contributed by atoms with Crippen LogP contribution in [0.1, 0.15) is 64.5 Å². The molecule has 2 rings (SSSR count). The molecule has 0 aromatic heterocycles. The first-order chi connectivity index (χ1) is 10.4. The summed E-state index contributed by atoms with van der Waals surface area (Å²) in [5.74, 6) is 0.821. The quantitative estimate of drug-likeness (QED) is 0.877. The fourth-order valence-electron chi connectivity index (χ4n) is 2.94. The van der Waals surface area contributed by atoms with Crippen LogP contribution in [-0.2, 0) is 4.79 Å². The molecule has 0 bridgehead atoms. The highest BCUT2D eigenvalue weighted by Gasteiger charge is 2.35. The maximum absolute atomic E-state index is 12.5. The zero-order valence-electron chi connectivity index (χ0n) is 13.9. The molecule has 1 aromatic carbocycles. The summed E-state index contributed by atoms with van der Waals surface area (Å²) in [7, 11) is 0. The van der Waals surface area contributed by atoms with Crippen molar-refractivity contribution in [1.82, 2.24) is 5.32 Å². The minimum Gasteiger partial charge on any atom is -0.491 e. The van der Waals surface area contributed by atoms with E-state index in [1.54, 1.807) is 0 Å². The number of benzene rings is 1. The highest BCUT2D eigenvalue weighted by molar-refractivity contribution is 5.86. The summed E-state index contributed by atoms with van der Waals surface area (Å²) in [6, 6.07) is 7.82. The molecule has 1 fully saturated rings. The van der Waals surface area contributed by atoms with Crippen LogP contribution >= 0.6 is 0 Å². The topological polar surface area (TPSA) is 64.3 Å².